The average molecular weight is 1200 g/mol. The minimum Gasteiger partial charge on any atom is -0.396 e. The van der Waals surface area contributed by atoms with Gasteiger partial charge in [-0.3, -0.25) is 4.79 Å². The number of hydrogen-bond acceptors (Lipinski definition) is 15. The number of fused-ring (bicyclic) bond motifs is 7. The first-order valence-electron chi connectivity index (χ1n) is 35.3. The molecule has 15 heteroatoms. The van der Waals surface area contributed by atoms with Crippen LogP contribution < -0.4 is 16.4 Å². The molecule has 3 spiro atoms. The molecule has 10 fully saturated rings. The first-order chi connectivity index (χ1) is 41.7. The Morgan fingerprint density at radius 2 is 1.68 bits per heavy atom. The Balaban J connectivity index is 0.977. The molecule has 15 nitrogen and oxygen atoms in total. The van der Waals surface area contributed by atoms with Gasteiger partial charge in [-0.2, -0.15) is 0 Å². The van der Waals surface area contributed by atoms with Crippen LogP contribution in [0.25, 0.3) is 0 Å². The summed E-state index contributed by atoms with van der Waals surface area (Å²) < 4.78 is 14.7. The lowest BCUT2D eigenvalue weighted by molar-refractivity contribution is -0.282. The topological polar surface area (TPSA) is 268 Å². The molecule has 0 aromatic heterocycles. The first-order valence-corrected chi connectivity index (χ1v) is 35.3. The van der Waals surface area contributed by atoms with E-state index in [1.54, 1.807) is 13.8 Å². The van der Waals surface area contributed by atoms with Crippen LogP contribution in [0, 0.1) is 81.3 Å². The van der Waals surface area contributed by atoms with Gasteiger partial charge in [0.25, 0.3) is 0 Å². The molecule has 0 radical (unpaired) electrons. The molecule has 0 amide bonds. The molecule has 27 atom stereocenters. The highest BCUT2D eigenvalue weighted by atomic mass is 16.5. The molecule has 3 aliphatic heterocycles. The molecule has 0 aromatic rings. The Morgan fingerprint density at radius 3 is 2.48 bits per heavy atom. The molecule has 3 heterocycles. The van der Waals surface area contributed by atoms with E-state index in [1.807, 2.05) is 18.2 Å². The van der Waals surface area contributed by atoms with Crippen molar-refractivity contribution in [1.29, 1.82) is 0 Å². The molecule has 480 valence electrons. The van der Waals surface area contributed by atoms with Crippen LogP contribution in [-0.4, -0.2) is 142 Å². The van der Waals surface area contributed by atoms with E-state index in [0.717, 1.165) is 88.3 Å². The first kappa shape index (κ1) is 60.5. The third kappa shape index (κ3) is 8.56. The Hall–Kier alpha value is -2.77. The predicted molar refractivity (Wildman–Crippen MR) is 327 cm³/mol. The molecule has 16 aliphatic rings. The third-order valence-electron chi connectivity index (χ3n) is 28.4. The van der Waals surface area contributed by atoms with Gasteiger partial charge in [0.1, 0.15) is 5.60 Å². The Bertz CT molecular complexity index is 2930. The number of dihydropyridines is 1. The van der Waals surface area contributed by atoms with Crippen LogP contribution in [0.4, 0.5) is 0 Å². The number of nitrogens with two attached hydrogens (primary N) is 1. The molecule has 13 aliphatic carbocycles. The lowest BCUT2D eigenvalue weighted by Gasteiger charge is -2.72. The van der Waals surface area contributed by atoms with E-state index < -0.39 is 99.0 Å². The summed E-state index contributed by atoms with van der Waals surface area (Å²) in [7, 11) is 0. The van der Waals surface area contributed by atoms with Gasteiger partial charge < -0.3 is 71.8 Å². The zero-order valence-electron chi connectivity index (χ0n) is 52.3. The van der Waals surface area contributed by atoms with Gasteiger partial charge in [-0.25, -0.2) is 0 Å². The number of ether oxygens (including phenoxy) is 2. The molecule has 0 aromatic carbocycles. The van der Waals surface area contributed by atoms with Crippen molar-refractivity contribution in [2.75, 3.05) is 13.2 Å². The maximum absolute atomic E-state index is 17.5. The van der Waals surface area contributed by atoms with Crippen LogP contribution in [-0.2, 0) is 14.3 Å². The Kier molecular flexibility index (Phi) is 15.0. The van der Waals surface area contributed by atoms with Gasteiger partial charge in [0, 0.05) is 53.4 Å². The van der Waals surface area contributed by atoms with Gasteiger partial charge in [0.15, 0.2) is 5.78 Å². The average Bonchev–Trinajstić information content (AvgIpc) is 1.64. The number of aliphatic hydroxyl groups is 9. The molecule has 8 saturated carbocycles. The summed E-state index contributed by atoms with van der Waals surface area (Å²) in [6, 6.07) is 0. The maximum Gasteiger partial charge on any atom is 0.185 e. The van der Waals surface area contributed by atoms with Crippen LogP contribution in [0.15, 0.2) is 69.6 Å². The summed E-state index contributed by atoms with van der Waals surface area (Å²) in [5.41, 5.74) is 1.51. The number of ketones is 1. The number of rotatable bonds is 11. The lowest BCUT2D eigenvalue weighted by Crippen LogP contribution is -2.76. The Morgan fingerprint density at radius 1 is 0.862 bits per heavy atom. The molecule has 8 bridgehead atoms. The minimum absolute atomic E-state index is 0.00116. The van der Waals surface area contributed by atoms with Crippen LogP contribution in [0.5, 0.6) is 0 Å². The van der Waals surface area contributed by atoms with E-state index in [1.165, 1.54) is 16.7 Å². The summed E-state index contributed by atoms with van der Waals surface area (Å²) in [5, 5.41) is 126. The van der Waals surface area contributed by atoms with Crippen LogP contribution >= 0.6 is 0 Å². The summed E-state index contributed by atoms with van der Waals surface area (Å²) in [4.78, 5) is 17.5. The smallest absolute Gasteiger partial charge is 0.185 e. The van der Waals surface area contributed by atoms with Gasteiger partial charge in [-0.1, -0.05) is 62.5 Å². The molecular weight excluding hydrogens is 1100 g/mol. The van der Waals surface area contributed by atoms with Crippen molar-refractivity contribution in [3.63, 3.8) is 0 Å². The quantitative estimate of drug-likeness (QED) is 0.0908. The number of carbonyl (C=O) groups excluding carboxylic acids is 1. The number of Topliss-reactive ketones (excluding diaryl/α,β-unsaturated/α-hetero) is 1. The fourth-order valence-corrected chi connectivity index (χ4v) is 25.2. The molecule has 2 saturated heterocycles. The van der Waals surface area contributed by atoms with Crippen LogP contribution in [0.1, 0.15) is 194 Å². The van der Waals surface area contributed by atoms with Crippen molar-refractivity contribution < 1.29 is 60.2 Å². The number of allylic oxidation sites excluding steroid dienone is 7. The number of aliphatic hydroxyl groups excluding tert-OH is 5. The summed E-state index contributed by atoms with van der Waals surface area (Å²) in [6.07, 6.45) is 21.8. The van der Waals surface area contributed by atoms with Gasteiger partial charge >= 0.3 is 0 Å². The number of carbonyl (C=O) groups is 1. The SMILES string of the molecule is CCC[C@H]1CC[C@H]2[C@@H]3[C@H](O)CCC[C@](O)([C@](C)(O)[C@H]4CC[C@@]5(O)C6=C(NC[C@H](C)O)C(=O)[C@@]78CC[C@@H]9C%10=C%11C(=CC%10)[C@H]%10CCC[C@H]%10O[C@@H]%11C[C@H]%10CC[C@H](C[C@@H]%109)[C@@]45C[C@@]4(O)C=C[C@H](C5=C(CCCO)NC(N)C=C5)C[C@@]7(C[C@H](O)[C@H](O)C8)[C@H]64)[C@@H]3O[C@@H]2CC1. The van der Waals surface area contributed by atoms with Crippen molar-refractivity contribution in [3.05, 3.63) is 69.6 Å². The summed E-state index contributed by atoms with van der Waals surface area (Å²) in [5.74, 6) is -2.05. The van der Waals surface area contributed by atoms with Crippen LogP contribution in [0.2, 0.25) is 0 Å². The van der Waals surface area contributed by atoms with E-state index in [0.29, 0.717) is 68.8 Å². The largest absolute Gasteiger partial charge is 0.396 e. The molecule has 1 unspecified atom stereocenters. The predicted octanol–water partition coefficient (Wildman–Crippen LogP) is 7.26. The fourth-order valence-electron chi connectivity index (χ4n) is 25.2. The summed E-state index contributed by atoms with van der Waals surface area (Å²) >= 11 is 0. The highest BCUT2D eigenvalue weighted by molar-refractivity contribution is 6.03. The molecule has 16 rings (SSSR count). The van der Waals surface area contributed by atoms with Crippen molar-refractivity contribution in [2.45, 2.75) is 272 Å². The second-order valence-electron chi connectivity index (χ2n) is 32.2. The van der Waals surface area contributed by atoms with Crippen molar-refractivity contribution in [1.82, 2.24) is 10.6 Å². The van der Waals surface area contributed by atoms with E-state index >= 15 is 15.0 Å². The number of hydrogen-bond donors (Lipinski definition) is 12. The van der Waals surface area contributed by atoms with Gasteiger partial charge in [-0.05, 0) is 237 Å². The molecule has 87 heavy (non-hydrogen) atoms. The lowest BCUT2D eigenvalue weighted by atomic mass is 9.33. The maximum atomic E-state index is 17.5. The van der Waals surface area contributed by atoms with Crippen molar-refractivity contribution in [2.24, 2.45) is 87.1 Å². The second-order valence-corrected chi connectivity index (χ2v) is 32.2. The summed E-state index contributed by atoms with van der Waals surface area (Å²) in [6.45, 7) is 5.65. The van der Waals surface area contributed by atoms with Crippen molar-refractivity contribution in [3.8, 4) is 0 Å². The minimum atomic E-state index is -1.98. The van der Waals surface area contributed by atoms with E-state index in [2.05, 4.69) is 29.7 Å². The number of nitrogens with one attached hydrogen (secondary N) is 2. The van der Waals surface area contributed by atoms with E-state index in [4.69, 9.17) is 15.2 Å². The fraction of sp³-hybridized carbons (Fsp3) is 0.819. The van der Waals surface area contributed by atoms with E-state index in [-0.39, 0.29) is 117 Å². The zero-order chi connectivity index (χ0) is 60.5. The van der Waals surface area contributed by atoms with E-state index in [9.17, 15) is 35.7 Å². The molecular formula is C72H105N3O12. The highest BCUT2D eigenvalue weighted by Gasteiger charge is 2.83. The van der Waals surface area contributed by atoms with Crippen molar-refractivity contribution >= 4 is 5.78 Å². The van der Waals surface area contributed by atoms with Crippen LogP contribution in [0.3, 0.4) is 0 Å². The standard InChI is InChI=1S/C72H105N3O12/c1-4-8-39-13-17-48-55(21-14-39)87-65-60(48)51(78)11-6-26-72(65,85)66(3,82)57-25-29-71(84)61-62(74-36-38(2)77)64(81)67-27-24-44-46-18-19-47-45-9-5-12-54(45)86-56(59(46)47)31-40-15-16-42(32-49(40)44)70(57,71)37-69(83)28-23-41(43-20-22-58(73)75-50(43)10-7-30-76)33-68(67,63(61)69)35-53(80)52(79)34-67/h19-20,22-23,28,38-42,44-45,48-49,51-58,60,63,65,74-80,82-85H,4-18,21,24-27,29-37,73H2,1-3H3/t38-,39-,40+,41-,42+,44+,45+,48+,49-,51+,52+,53-,54+,55+,56+,57+,58?,60+,63-,65+,66+,67-,68+,69-,70-,71+,72+/m0/s1. The molecule has 13 N–H and O–H groups in total. The normalized spacial score (nSPS) is 51.3. The zero-order valence-corrected chi connectivity index (χ0v) is 52.3. The monoisotopic (exact) mass is 1200 g/mol. The van der Waals surface area contributed by atoms with Gasteiger partial charge in [0.05, 0.1) is 77.5 Å². The van der Waals surface area contributed by atoms with Gasteiger partial charge in [-0.15, -0.1) is 0 Å². The Labute approximate surface area is 515 Å². The van der Waals surface area contributed by atoms with Gasteiger partial charge in [0.2, 0.25) is 0 Å². The second kappa shape index (κ2) is 21.6. The highest BCUT2D eigenvalue weighted by Crippen LogP contribution is 2.80. The third-order valence-corrected chi connectivity index (χ3v) is 28.4.